The topological polar surface area (TPSA) is 24.9 Å². The van der Waals surface area contributed by atoms with Crippen LogP contribution >= 0.6 is 11.8 Å². The summed E-state index contributed by atoms with van der Waals surface area (Å²) < 4.78 is 0. The summed E-state index contributed by atoms with van der Waals surface area (Å²) in [5, 5.41) is 3.58. The van der Waals surface area contributed by atoms with Crippen LogP contribution < -0.4 is 5.32 Å². The molecule has 2 aromatic rings. The maximum Gasteiger partial charge on any atom is 0.0570 e. The van der Waals surface area contributed by atoms with Crippen molar-refractivity contribution in [3.8, 4) is 0 Å². The number of pyridine rings is 1. The minimum Gasteiger partial charge on any atom is -0.302 e. The number of hydrogen-bond donors (Lipinski definition) is 1. The van der Waals surface area contributed by atoms with Crippen molar-refractivity contribution in [2.24, 2.45) is 0 Å². The molecule has 1 unspecified atom stereocenters. The van der Waals surface area contributed by atoms with Gasteiger partial charge >= 0.3 is 0 Å². The van der Waals surface area contributed by atoms with Crippen LogP contribution in [0.1, 0.15) is 37.2 Å². The van der Waals surface area contributed by atoms with Crippen LogP contribution in [0.25, 0.3) is 0 Å². The fourth-order valence-corrected chi connectivity index (χ4v) is 2.49. The van der Waals surface area contributed by atoms with Crippen LogP contribution in [0.4, 0.5) is 0 Å². The first kappa shape index (κ1) is 14.1. The number of nitrogens with one attached hydrogen (secondary N) is 1. The van der Waals surface area contributed by atoms with E-state index < -0.39 is 0 Å². The molecule has 19 heavy (non-hydrogen) atoms. The van der Waals surface area contributed by atoms with Crippen molar-refractivity contribution in [1.82, 2.24) is 10.3 Å². The van der Waals surface area contributed by atoms with Crippen LogP contribution in [0.15, 0.2) is 53.6 Å². The van der Waals surface area contributed by atoms with Crippen LogP contribution in [0.2, 0.25) is 0 Å². The first-order chi connectivity index (χ1) is 9.20. The molecule has 1 heterocycles. The van der Waals surface area contributed by atoms with Gasteiger partial charge in [0.25, 0.3) is 0 Å². The predicted octanol–water partition coefficient (Wildman–Crippen LogP) is 4.22. The molecule has 0 aliphatic heterocycles. The maximum atomic E-state index is 4.39. The Kier molecular flexibility index (Phi) is 5.00. The van der Waals surface area contributed by atoms with Crippen LogP contribution in [-0.4, -0.2) is 11.2 Å². The normalized spacial score (nSPS) is 14.1. The Bertz CT molecular complexity index is 496. The Morgan fingerprint density at radius 2 is 1.74 bits per heavy atom. The standard InChI is InChI=1S/C16H20N2S/c1-12(14-7-9-15(19-3)10-8-14)18-13(2)16-6-4-5-11-17-16/h4-13,18H,1-3H3/t12?,13-/m0/s1. The van der Waals surface area contributed by atoms with E-state index in [-0.39, 0.29) is 6.04 Å². The number of nitrogens with zero attached hydrogens (tertiary/aromatic N) is 1. The third kappa shape index (κ3) is 3.82. The van der Waals surface area contributed by atoms with E-state index in [1.807, 2.05) is 18.3 Å². The summed E-state index contributed by atoms with van der Waals surface area (Å²) >= 11 is 1.77. The van der Waals surface area contributed by atoms with E-state index in [4.69, 9.17) is 0 Å². The fraction of sp³-hybridized carbons (Fsp3) is 0.312. The fourth-order valence-electron chi connectivity index (χ4n) is 2.08. The molecule has 2 nitrogen and oxygen atoms in total. The molecule has 1 N–H and O–H groups in total. The quantitative estimate of drug-likeness (QED) is 0.825. The third-order valence-electron chi connectivity index (χ3n) is 3.25. The van der Waals surface area contributed by atoms with E-state index in [1.54, 1.807) is 11.8 Å². The van der Waals surface area contributed by atoms with E-state index in [1.165, 1.54) is 10.5 Å². The largest absolute Gasteiger partial charge is 0.302 e. The minimum atomic E-state index is 0.247. The van der Waals surface area contributed by atoms with Gasteiger partial charge in [0.2, 0.25) is 0 Å². The lowest BCUT2D eigenvalue weighted by molar-refractivity contribution is 0.486. The van der Waals surface area contributed by atoms with Gasteiger partial charge in [-0.05, 0) is 49.9 Å². The zero-order valence-corrected chi connectivity index (χ0v) is 12.4. The van der Waals surface area contributed by atoms with Gasteiger partial charge in [0.15, 0.2) is 0 Å². The Balaban J connectivity index is 2.02. The number of benzene rings is 1. The maximum absolute atomic E-state index is 4.39. The van der Waals surface area contributed by atoms with Gasteiger partial charge in [0.1, 0.15) is 0 Å². The molecule has 0 radical (unpaired) electrons. The minimum absolute atomic E-state index is 0.247. The Labute approximate surface area is 119 Å². The monoisotopic (exact) mass is 272 g/mol. The molecular weight excluding hydrogens is 252 g/mol. The lowest BCUT2D eigenvalue weighted by atomic mass is 10.1. The van der Waals surface area contributed by atoms with Gasteiger partial charge in [-0.25, -0.2) is 0 Å². The summed E-state index contributed by atoms with van der Waals surface area (Å²) in [7, 11) is 0. The molecular formula is C16H20N2S. The zero-order valence-electron chi connectivity index (χ0n) is 11.6. The van der Waals surface area contributed by atoms with Crippen molar-refractivity contribution in [2.45, 2.75) is 30.8 Å². The van der Waals surface area contributed by atoms with E-state index in [2.05, 4.69) is 60.7 Å². The second-order valence-corrected chi connectivity index (χ2v) is 5.52. The highest BCUT2D eigenvalue weighted by molar-refractivity contribution is 7.98. The molecule has 0 aliphatic carbocycles. The Morgan fingerprint density at radius 1 is 1.00 bits per heavy atom. The molecule has 1 aromatic carbocycles. The van der Waals surface area contributed by atoms with Crippen molar-refractivity contribution in [1.29, 1.82) is 0 Å². The highest BCUT2D eigenvalue weighted by atomic mass is 32.2. The summed E-state index contributed by atoms with van der Waals surface area (Å²) in [5.74, 6) is 0. The third-order valence-corrected chi connectivity index (χ3v) is 3.99. The first-order valence-electron chi connectivity index (χ1n) is 6.51. The molecule has 0 fully saturated rings. The molecule has 0 saturated carbocycles. The van der Waals surface area contributed by atoms with E-state index >= 15 is 0 Å². The van der Waals surface area contributed by atoms with Gasteiger partial charge in [0.05, 0.1) is 5.69 Å². The van der Waals surface area contributed by atoms with Gasteiger partial charge in [-0.15, -0.1) is 11.8 Å². The molecule has 0 amide bonds. The highest BCUT2D eigenvalue weighted by Crippen LogP contribution is 2.21. The molecule has 0 saturated heterocycles. The zero-order chi connectivity index (χ0) is 13.7. The average molecular weight is 272 g/mol. The number of aromatic nitrogens is 1. The molecule has 1 aromatic heterocycles. The van der Waals surface area contributed by atoms with E-state index in [0.717, 1.165) is 5.69 Å². The van der Waals surface area contributed by atoms with Gasteiger partial charge in [-0.3, -0.25) is 4.98 Å². The van der Waals surface area contributed by atoms with Crippen LogP contribution in [-0.2, 0) is 0 Å². The smallest absolute Gasteiger partial charge is 0.0570 e. The van der Waals surface area contributed by atoms with Gasteiger partial charge in [-0.1, -0.05) is 18.2 Å². The molecule has 2 rings (SSSR count). The summed E-state index contributed by atoms with van der Waals surface area (Å²) in [4.78, 5) is 5.69. The summed E-state index contributed by atoms with van der Waals surface area (Å²) in [5.41, 5.74) is 2.38. The molecule has 100 valence electrons. The highest BCUT2D eigenvalue weighted by Gasteiger charge is 2.11. The summed E-state index contributed by atoms with van der Waals surface area (Å²) in [6, 6.07) is 15.3. The van der Waals surface area contributed by atoms with Crippen LogP contribution in [0, 0.1) is 0 Å². The van der Waals surface area contributed by atoms with Crippen molar-refractivity contribution < 1.29 is 0 Å². The summed E-state index contributed by atoms with van der Waals surface area (Å²) in [6.45, 7) is 4.34. The average Bonchev–Trinajstić information content (AvgIpc) is 2.48. The lowest BCUT2D eigenvalue weighted by Gasteiger charge is -2.20. The number of hydrogen-bond acceptors (Lipinski definition) is 3. The second kappa shape index (κ2) is 6.73. The SMILES string of the molecule is CSc1ccc(C(C)N[C@@H](C)c2ccccn2)cc1. The van der Waals surface area contributed by atoms with E-state index in [0.29, 0.717) is 6.04 Å². The molecule has 0 aliphatic rings. The van der Waals surface area contributed by atoms with Gasteiger partial charge in [-0.2, -0.15) is 0 Å². The number of rotatable bonds is 5. The van der Waals surface area contributed by atoms with Crippen molar-refractivity contribution in [3.05, 3.63) is 59.9 Å². The van der Waals surface area contributed by atoms with Gasteiger partial charge < -0.3 is 5.32 Å². The molecule has 0 bridgehead atoms. The molecule has 3 heteroatoms. The van der Waals surface area contributed by atoms with E-state index in [9.17, 15) is 0 Å². The van der Waals surface area contributed by atoms with Gasteiger partial charge in [0, 0.05) is 23.2 Å². The number of thioether (sulfide) groups is 1. The lowest BCUT2D eigenvalue weighted by Crippen LogP contribution is -2.23. The molecule has 0 spiro atoms. The summed E-state index contributed by atoms with van der Waals surface area (Å²) in [6.07, 6.45) is 3.94. The predicted molar refractivity (Wildman–Crippen MR) is 82.4 cm³/mol. The first-order valence-corrected chi connectivity index (χ1v) is 7.74. The van der Waals surface area contributed by atoms with Crippen molar-refractivity contribution >= 4 is 11.8 Å². The Hall–Kier alpha value is -1.32. The van der Waals surface area contributed by atoms with Crippen molar-refractivity contribution in [3.63, 3.8) is 0 Å². The van der Waals surface area contributed by atoms with Crippen molar-refractivity contribution in [2.75, 3.05) is 6.26 Å². The second-order valence-electron chi connectivity index (χ2n) is 4.64. The Morgan fingerprint density at radius 3 is 2.32 bits per heavy atom. The molecule has 2 atom stereocenters. The van der Waals surface area contributed by atoms with Crippen LogP contribution in [0.5, 0.6) is 0 Å². The van der Waals surface area contributed by atoms with Crippen LogP contribution in [0.3, 0.4) is 0 Å².